The molecule has 8 nitrogen and oxygen atoms in total. The first-order valence-corrected chi connectivity index (χ1v) is 0. The molecule has 0 spiro atoms. The fraction of sp³-hybridized carbons (Fsp3) is 0. The molecule has 13 heavy (non-hydrogen) atoms. The molecule has 0 bridgehead atoms. The van der Waals surface area contributed by atoms with Gasteiger partial charge in [0.05, 0.1) is 0 Å². The van der Waals surface area contributed by atoms with E-state index in [0.29, 0.717) is 0 Å². The van der Waals surface area contributed by atoms with Gasteiger partial charge in [0.1, 0.15) is 0 Å². The summed E-state index contributed by atoms with van der Waals surface area (Å²) in [5.41, 5.74) is 0. The van der Waals surface area contributed by atoms with Gasteiger partial charge >= 0.3 is 88.0 Å². The van der Waals surface area contributed by atoms with Crippen LogP contribution >= 0.6 is 0 Å². The van der Waals surface area contributed by atoms with E-state index < -0.39 is 0 Å². The van der Waals surface area contributed by atoms with Gasteiger partial charge in [0.2, 0.25) is 0 Å². The Morgan fingerprint density at radius 1 is 0.231 bits per heavy atom. The molecule has 0 N–H and O–H groups in total. The second-order valence-corrected chi connectivity index (χ2v) is 0. The Morgan fingerprint density at radius 2 is 0.231 bits per heavy atom. The molecule has 0 aromatic carbocycles. The molecule has 0 unspecified atom stereocenters. The third kappa shape index (κ3) is 386. The summed E-state index contributed by atoms with van der Waals surface area (Å²) >= 11 is 0. The van der Waals surface area contributed by atoms with Gasteiger partial charge in [-0.2, -0.15) is 0 Å². The molecule has 0 aromatic heterocycles. The zero-order chi connectivity index (χ0) is 0. The fourth-order valence-corrected chi connectivity index (χ4v) is 0. The third-order valence-electron chi connectivity index (χ3n) is 0. The topological polar surface area (TPSA) is 236 Å². The molecule has 0 fully saturated rings. The van der Waals surface area contributed by atoms with Crippen molar-refractivity contribution in [2.45, 2.75) is 0 Å². The molecule has 0 amide bonds. The maximum atomic E-state index is 0. The van der Waals surface area contributed by atoms with Crippen LogP contribution in [0.2, 0.25) is 0 Å². The molecule has 13 heteroatoms. The SMILES string of the molecule is [Ge+4].[Ge+4].[Ge+4].[Ge+4].[Ge+4].[N-3].[N-3].[N-3].[N-3].[O-2].[O-2].[O-2].[O-2]. The average Bonchev–Trinajstić information content (AvgIpc) is 0. The quantitative estimate of drug-likeness (QED) is 0.368. The summed E-state index contributed by atoms with van der Waals surface area (Å²) in [6.07, 6.45) is 0. The average molecular weight is 483 g/mol. The van der Waals surface area contributed by atoms with Gasteiger partial charge in [0.25, 0.3) is 0 Å². The first kappa shape index (κ1) is 556. The Hall–Kier alpha value is 2.39. The smallest absolute Gasteiger partial charge is 3.00 e. The van der Waals surface area contributed by atoms with E-state index in [-0.39, 0.29) is 134 Å². The predicted molar refractivity (Wildman–Crippen MR) is 45.0 cm³/mol. The van der Waals surface area contributed by atoms with Crippen molar-refractivity contribution < 1.29 is 21.9 Å². The zero-order valence-electron chi connectivity index (χ0n) is 5.92. The second kappa shape index (κ2) is 450. The molecule has 0 radical (unpaired) electrons. The van der Waals surface area contributed by atoms with Crippen molar-refractivity contribution in [3.63, 3.8) is 0 Å². The van der Waals surface area contributed by atoms with Crippen LogP contribution in [-0.2, 0) is 21.9 Å². The molecule has 0 saturated heterocycles. The van der Waals surface area contributed by atoms with E-state index in [1.165, 1.54) is 0 Å². The van der Waals surface area contributed by atoms with Gasteiger partial charge in [-0.25, -0.2) is 0 Å². The number of hydrogen-bond donors (Lipinski definition) is 0. The van der Waals surface area contributed by atoms with E-state index in [1.807, 2.05) is 0 Å². The summed E-state index contributed by atoms with van der Waals surface area (Å²) in [5.74, 6) is 0. The molecule has 0 aromatic rings. The molecule has 0 rings (SSSR count). The molecule has 0 aliphatic rings. The van der Waals surface area contributed by atoms with Gasteiger partial charge in [-0.1, -0.05) is 0 Å². The molecule has 0 aliphatic carbocycles. The van der Waals surface area contributed by atoms with Crippen LogP contribution < -0.4 is 0 Å². The van der Waals surface area contributed by atoms with E-state index >= 15 is 0 Å². The zero-order valence-corrected chi connectivity index (χ0v) is 16.4. The van der Waals surface area contributed by atoms with Crippen LogP contribution in [0.5, 0.6) is 0 Å². The maximum Gasteiger partial charge on any atom is 4.00 e. The Balaban J connectivity index is 0. The maximum absolute atomic E-state index is 0. The van der Waals surface area contributed by atoms with Crippen molar-refractivity contribution >= 4 is 88.0 Å². The minimum atomic E-state index is 0. The molecular weight excluding hydrogens is 483 g/mol. The predicted octanol–water partition coefficient (Wildman–Crippen LogP) is -1.22. The van der Waals surface area contributed by atoms with Gasteiger partial charge in [-0.05, 0) is 0 Å². The summed E-state index contributed by atoms with van der Waals surface area (Å²) < 4.78 is 0. The van der Waals surface area contributed by atoms with Crippen LogP contribution in [-0.4, -0.2) is 88.0 Å². The summed E-state index contributed by atoms with van der Waals surface area (Å²) in [5, 5.41) is 0. The number of nitrogens with zero attached hydrogens (tertiary/aromatic N) is 4. The van der Waals surface area contributed by atoms with Crippen LogP contribution in [0.1, 0.15) is 0 Å². The van der Waals surface area contributed by atoms with Crippen LogP contribution in [0.4, 0.5) is 0 Å². The van der Waals surface area contributed by atoms with Gasteiger partial charge in [-0.15, -0.1) is 0 Å². The van der Waals surface area contributed by atoms with Crippen LogP contribution in [0.15, 0.2) is 0 Å². The summed E-state index contributed by atoms with van der Waals surface area (Å²) in [6.45, 7) is 0. The van der Waals surface area contributed by atoms with Crippen LogP contribution in [0.25, 0.3) is 24.6 Å². The standard InChI is InChI=1S/5Ge.4N.4O/q5*+4;4*-3;4*-2. The van der Waals surface area contributed by atoms with Crippen molar-refractivity contribution in [3.05, 3.63) is 24.6 Å². The summed E-state index contributed by atoms with van der Waals surface area (Å²) in [6, 6.07) is 0. The molecule has 0 aliphatic heterocycles. The van der Waals surface area contributed by atoms with E-state index in [4.69, 9.17) is 0 Å². The van der Waals surface area contributed by atoms with Crippen molar-refractivity contribution in [3.8, 4) is 0 Å². The van der Waals surface area contributed by atoms with Crippen LogP contribution in [0, 0.1) is 0 Å². The van der Waals surface area contributed by atoms with Crippen molar-refractivity contribution in [1.82, 2.24) is 0 Å². The van der Waals surface area contributed by atoms with Gasteiger partial charge < -0.3 is 46.5 Å². The number of hydrogen-bond acceptors (Lipinski definition) is 0. The molecule has 0 atom stereocenters. The van der Waals surface area contributed by atoms with Gasteiger partial charge in [0.15, 0.2) is 0 Å². The molecule has 0 heterocycles. The first-order valence-electron chi connectivity index (χ1n) is 0. The van der Waals surface area contributed by atoms with Gasteiger partial charge in [0, 0.05) is 0 Å². The van der Waals surface area contributed by atoms with E-state index in [9.17, 15) is 0 Å². The Morgan fingerprint density at radius 3 is 0.231 bits per heavy atom. The second-order valence-electron chi connectivity index (χ2n) is 0. The summed E-state index contributed by atoms with van der Waals surface area (Å²) in [7, 11) is 0. The van der Waals surface area contributed by atoms with Crippen LogP contribution in [0.3, 0.4) is 0 Å². The minimum absolute atomic E-state index is 0. The van der Waals surface area contributed by atoms with E-state index in [2.05, 4.69) is 0 Å². The first-order chi connectivity index (χ1) is 0. The Labute approximate surface area is 133 Å². The molecule has 0 saturated carbocycles. The third-order valence-corrected chi connectivity index (χ3v) is 0. The molecular formula is Ge5N4O4. The molecule has 64 valence electrons. The largest absolute Gasteiger partial charge is 4.00 e. The normalized spacial score (nSPS) is 0. The van der Waals surface area contributed by atoms with Crippen molar-refractivity contribution in [2.75, 3.05) is 0 Å². The summed E-state index contributed by atoms with van der Waals surface area (Å²) in [4.78, 5) is 0. The van der Waals surface area contributed by atoms with E-state index in [0.717, 1.165) is 0 Å². The fourth-order valence-electron chi connectivity index (χ4n) is 0. The Bertz CT molecular complexity index is 20.5. The monoisotopic (exact) mass is 490 g/mol. The minimum Gasteiger partial charge on any atom is -3.00 e. The Kier molecular flexibility index (Phi) is 19300. The van der Waals surface area contributed by atoms with Gasteiger partial charge in [-0.3, -0.25) is 0 Å². The van der Waals surface area contributed by atoms with Crippen molar-refractivity contribution in [2.24, 2.45) is 0 Å². The van der Waals surface area contributed by atoms with E-state index in [1.54, 1.807) is 0 Å². The number of rotatable bonds is 0. The van der Waals surface area contributed by atoms with Crippen molar-refractivity contribution in [1.29, 1.82) is 0 Å².